The molecule has 1 N–H and O–H groups in total. The van der Waals surface area contributed by atoms with Crippen LogP contribution < -0.4 is 5.32 Å². The molecule has 0 aliphatic carbocycles. The maximum atomic E-state index is 13.7. The van der Waals surface area contributed by atoms with Crippen LogP contribution >= 0.6 is 11.8 Å². The van der Waals surface area contributed by atoms with E-state index in [1.54, 1.807) is 24.3 Å². The average Bonchev–Trinajstić information content (AvgIpc) is 2.63. The highest BCUT2D eigenvalue weighted by atomic mass is 32.2. The van der Waals surface area contributed by atoms with Crippen LogP contribution in [-0.2, 0) is 15.3 Å². The fraction of sp³-hybridized carbons (Fsp3) is 0.250. The molecule has 142 valence electrons. The second-order valence-electron chi connectivity index (χ2n) is 5.91. The predicted octanol–water partition coefficient (Wildman–Crippen LogP) is 4.08. The van der Waals surface area contributed by atoms with Crippen LogP contribution in [-0.4, -0.2) is 30.0 Å². The number of ketones is 1. The molecular weight excluding hydrogens is 369 g/mol. The van der Waals surface area contributed by atoms with Gasteiger partial charge in [0.25, 0.3) is 5.91 Å². The Morgan fingerprint density at radius 2 is 1.89 bits per heavy atom. The van der Waals surface area contributed by atoms with Gasteiger partial charge in [-0.2, -0.15) is 11.8 Å². The summed E-state index contributed by atoms with van der Waals surface area (Å²) >= 11 is 1.43. The van der Waals surface area contributed by atoms with Crippen LogP contribution in [0.3, 0.4) is 0 Å². The average molecular weight is 389 g/mol. The minimum atomic E-state index is -1.06. The normalized spacial score (nSPS) is 11.6. The van der Waals surface area contributed by atoms with E-state index < -0.39 is 23.8 Å². The van der Waals surface area contributed by atoms with Crippen LogP contribution in [0.1, 0.15) is 40.1 Å². The van der Waals surface area contributed by atoms with Gasteiger partial charge in [0, 0.05) is 17.0 Å². The molecule has 0 saturated heterocycles. The summed E-state index contributed by atoms with van der Waals surface area (Å²) in [4.78, 5) is 35.9. The van der Waals surface area contributed by atoms with E-state index in [2.05, 4.69) is 5.32 Å². The van der Waals surface area contributed by atoms with Crippen molar-refractivity contribution in [1.29, 1.82) is 0 Å². The van der Waals surface area contributed by atoms with Crippen molar-refractivity contribution < 1.29 is 23.5 Å². The van der Waals surface area contributed by atoms with Gasteiger partial charge in [0.15, 0.2) is 11.9 Å². The van der Waals surface area contributed by atoms with E-state index in [1.807, 2.05) is 6.26 Å². The lowest BCUT2D eigenvalue weighted by Gasteiger charge is -2.14. The summed E-state index contributed by atoms with van der Waals surface area (Å²) < 4.78 is 18.9. The van der Waals surface area contributed by atoms with Crippen molar-refractivity contribution in [3.05, 3.63) is 65.0 Å². The van der Waals surface area contributed by atoms with Crippen molar-refractivity contribution >= 4 is 35.1 Å². The van der Waals surface area contributed by atoms with Crippen molar-refractivity contribution in [2.24, 2.45) is 0 Å². The lowest BCUT2D eigenvalue weighted by Crippen LogP contribution is -2.30. The number of benzene rings is 2. The minimum Gasteiger partial charge on any atom is -0.449 e. The molecule has 7 heteroatoms. The van der Waals surface area contributed by atoms with Gasteiger partial charge in [-0.25, -0.2) is 9.18 Å². The van der Waals surface area contributed by atoms with E-state index in [-0.39, 0.29) is 11.3 Å². The molecular formula is C20H20FNO4S. The monoisotopic (exact) mass is 389 g/mol. The molecule has 2 aromatic rings. The molecule has 1 atom stereocenters. The zero-order chi connectivity index (χ0) is 20.0. The number of hydrogen-bond donors (Lipinski definition) is 1. The number of thioether (sulfide) groups is 1. The van der Waals surface area contributed by atoms with Crippen LogP contribution in [0.15, 0.2) is 42.5 Å². The third-order valence-corrected chi connectivity index (χ3v) is 4.37. The largest absolute Gasteiger partial charge is 0.449 e. The summed E-state index contributed by atoms with van der Waals surface area (Å²) in [5.41, 5.74) is 1.47. The number of rotatable bonds is 7. The molecule has 2 aromatic carbocycles. The lowest BCUT2D eigenvalue weighted by atomic mass is 10.1. The van der Waals surface area contributed by atoms with Crippen molar-refractivity contribution in [3.63, 3.8) is 0 Å². The topological polar surface area (TPSA) is 72.5 Å². The molecule has 0 fully saturated rings. The summed E-state index contributed by atoms with van der Waals surface area (Å²) in [5, 5.41) is 2.60. The molecule has 2 rings (SSSR count). The molecule has 0 aromatic heterocycles. The number of ether oxygens (including phenoxy) is 1. The maximum absolute atomic E-state index is 13.7. The first-order valence-corrected chi connectivity index (χ1v) is 9.61. The van der Waals surface area contributed by atoms with Crippen molar-refractivity contribution in [3.8, 4) is 0 Å². The van der Waals surface area contributed by atoms with Crippen LogP contribution in [0, 0.1) is 5.82 Å². The van der Waals surface area contributed by atoms with Gasteiger partial charge in [0.1, 0.15) is 5.82 Å². The van der Waals surface area contributed by atoms with E-state index in [0.717, 1.165) is 0 Å². The van der Waals surface area contributed by atoms with Crippen molar-refractivity contribution in [2.75, 3.05) is 11.6 Å². The first-order valence-electron chi connectivity index (χ1n) is 8.22. The van der Waals surface area contributed by atoms with E-state index in [1.165, 1.54) is 43.8 Å². The Kier molecular flexibility index (Phi) is 7.12. The molecule has 0 aliphatic rings. The summed E-state index contributed by atoms with van der Waals surface area (Å²) in [6.45, 7) is 2.87. The fourth-order valence-corrected chi connectivity index (χ4v) is 2.84. The fourth-order valence-electron chi connectivity index (χ4n) is 2.31. The third-order valence-electron chi connectivity index (χ3n) is 3.77. The van der Waals surface area contributed by atoms with Gasteiger partial charge in [-0.05, 0) is 56.0 Å². The first-order chi connectivity index (χ1) is 12.8. The molecule has 0 heterocycles. The molecule has 0 bridgehead atoms. The Labute approximate surface area is 161 Å². The number of anilines is 1. The molecule has 1 amide bonds. The van der Waals surface area contributed by atoms with Crippen LogP contribution in [0.25, 0.3) is 0 Å². The Morgan fingerprint density at radius 1 is 1.15 bits per heavy atom. The molecule has 1 unspecified atom stereocenters. The van der Waals surface area contributed by atoms with Gasteiger partial charge in [-0.15, -0.1) is 0 Å². The van der Waals surface area contributed by atoms with Gasteiger partial charge < -0.3 is 10.1 Å². The van der Waals surface area contributed by atoms with Gasteiger partial charge >= 0.3 is 5.97 Å². The lowest BCUT2D eigenvalue weighted by molar-refractivity contribution is -0.123. The van der Waals surface area contributed by atoms with Crippen molar-refractivity contribution in [2.45, 2.75) is 25.7 Å². The maximum Gasteiger partial charge on any atom is 0.338 e. The SMILES string of the molecule is CSCc1cc(C(=O)OC(C)C(=O)Nc2cccc(C(C)=O)c2)ccc1F. The highest BCUT2D eigenvalue weighted by Crippen LogP contribution is 2.17. The first kappa shape index (κ1) is 20.6. The summed E-state index contributed by atoms with van der Waals surface area (Å²) in [6.07, 6.45) is 0.769. The van der Waals surface area contributed by atoms with Gasteiger partial charge in [-0.1, -0.05) is 12.1 Å². The second-order valence-corrected chi connectivity index (χ2v) is 6.78. The summed E-state index contributed by atoms with van der Waals surface area (Å²) in [7, 11) is 0. The van der Waals surface area contributed by atoms with Crippen molar-refractivity contribution in [1.82, 2.24) is 0 Å². The number of halogens is 1. The summed E-state index contributed by atoms with van der Waals surface area (Å²) in [5.74, 6) is -1.33. The minimum absolute atomic E-state index is 0.122. The second kappa shape index (κ2) is 9.32. The zero-order valence-corrected chi connectivity index (χ0v) is 16.1. The molecule has 0 radical (unpaired) electrons. The van der Waals surface area contributed by atoms with E-state index in [4.69, 9.17) is 4.74 Å². The number of hydrogen-bond acceptors (Lipinski definition) is 5. The Bertz CT molecular complexity index is 869. The smallest absolute Gasteiger partial charge is 0.338 e. The standard InChI is InChI=1S/C20H20FNO4S/c1-12(23)14-5-4-6-17(10-14)22-19(24)13(2)26-20(25)15-7-8-18(21)16(9-15)11-27-3/h4-10,13H,11H2,1-3H3,(H,22,24). The number of Topliss-reactive ketones (excluding diaryl/α,β-unsaturated/α-hetero) is 1. The Morgan fingerprint density at radius 3 is 2.56 bits per heavy atom. The Hall–Kier alpha value is -2.67. The molecule has 0 saturated carbocycles. The highest BCUT2D eigenvalue weighted by molar-refractivity contribution is 7.97. The number of carbonyl (C=O) groups is 3. The zero-order valence-electron chi connectivity index (χ0n) is 15.2. The van der Waals surface area contributed by atoms with E-state index >= 15 is 0 Å². The highest BCUT2D eigenvalue weighted by Gasteiger charge is 2.20. The predicted molar refractivity (Wildman–Crippen MR) is 104 cm³/mol. The van der Waals surface area contributed by atoms with Gasteiger partial charge in [0.05, 0.1) is 5.56 Å². The third kappa shape index (κ3) is 5.65. The summed E-state index contributed by atoms with van der Waals surface area (Å²) in [6, 6.07) is 10.4. The van der Waals surface area contributed by atoms with Crippen LogP contribution in [0.4, 0.5) is 10.1 Å². The number of amides is 1. The molecule has 0 aliphatic heterocycles. The molecule has 5 nitrogen and oxygen atoms in total. The van der Waals surface area contributed by atoms with Gasteiger partial charge in [-0.3, -0.25) is 9.59 Å². The van der Waals surface area contributed by atoms with Gasteiger partial charge in [0.2, 0.25) is 0 Å². The van der Waals surface area contributed by atoms with Crippen LogP contribution in [0.2, 0.25) is 0 Å². The quantitative estimate of drug-likeness (QED) is 0.571. The number of carbonyl (C=O) groups excluding carboxylic acids is 3. The number of esters is 1. The molecule has 27 heavy (non-hydrogen) atoms. The Balaban J connectivity index is 2.03. The van der Waals surface area contributed by atoms with Crippen LogP contribution in [0.5, 0.6) is 0 Å². The molecule has 0 spiro atoms. The van der Waals surface area contributed by atoms with E-state index in [0.29, 0.717) is 22.6 Å². The van der Waals surface area contributed by atoms with E-state index in [9.17, 15) is 18.8 Å². The number of nitrogens with one attached hydrogen (secondary N) is 1.